The van der Waals surface area contributed by atoms with Gasteiger partial charge in [-0.05, 0) is 58.5 Å². The maximum atomic E-state index is 3.63. The van der Waals surface area contributed by atoms with E-state index in [1.807, 2.05) is 0 Å². The van der Waals surface area contributed by atoms with E-state index in [-0.39, 0.29) is 0 Å². The van der Waals surface area contributed by atoms with Gasteiger partial charge in [-0.2, -0.15) is 0 Å². The van der Waals surface area contributed by atoms with Crippen LogP contribution in [0.4, 0.5) is 0 Å². The number of nitrogens with zero attached hydrogens (tertiary/aromatic N) is 1. The fourth-order valence-corrected chi connectivity index (χ4v) is 2.60. The van der Waals surface area contributed by atoms with E-state index in [4.69, 9.17) is 0 Å². The van der Waals surface area contributed by atoms with Gasteiger partial charge in [-0.3, -0.25) is 4.90 Å². The molecule has 0 bridgehead atoms. The van der Waals surface area contributed by atoms with E-state index in [0.717, 1.165) is 12.0 Å². The summed E-state index contributed by atoms with van der Waals surface area (Å²) >= 11 is 0. The summed E-state index contributed by atoms with van der Waals surface area (Å²) in [4.78, 5) is 2.67. The summed E-state index contributed by atoms with van der Waals surface area (Å²) in [6.07, 6.45) is 5.56. The van der Waals surface area contributed by atoms with Crippen LogP contribution in [0.3, 0.4) is 0 Å². The van der Waals surface area contributed by atoms with E-state index in [1.165, 1.54) is 45.3 Å². The number of rotatable bonds is 5. The molecule has 2 fully saturated rings. The molecule has 1 aliphatic heterocycles. The molecular weight excluding hydrogens is 184 g/mol. The zero-order valence-electron chi connectivity index (χ0n) is 10.6. The molecule has 2 rings (SSSR count). The molecule has 1 saturated heterocycles. The van der Waals surface area contributed by atoms with Gasteiger partial charge in [-0.25, -0.2) is 0 Å². The Balaban J connectivity index is 1.70. The Morgan fingerprint density at radius 3 is 2.67 bits per heavy atom. The van der Waals surface area contributed by atoms with E-state index in [1.54, 1.807) is 0 Å². The zero-order chi connectivity index (χ0) is 10.9. The molecule has 0 spiro atoms. The van der Waals surface area contributed by atoms with Crippen molar-refractivity contribution in [2.75, 3.05) is 19.6 Å². The lowest BCUT2D eigenvalue weighted by Gasteiger charge is -2.33. The molecule has 1 saturated carbocycles. The van der Waals surface area contributed by atoms with Gasteiger partial charge in [0.2, 0.25) is 0 Å². The van der Waals surface area contributed by atoms with E-state index < -0.39 is 0 Å². The minimum absolute atomic E-state index is 0.452. The number of likely N-dealkylation sites (tertiary alicyclic amines) is 1. The number of hydrogen-bond donors (Lipinski definition) is 1. The Kier molecular flexibility index (Phi) is 3.36. The summed E-state index contributed by atoms with van der Waals surface area (Å²) in [6.45, 7) is 10.9. The molecule has 88 valence electrons. The Labute approximate surface area is 94.4 Å². The zero-order valence-corrected chi connectivity index (χ0v) is 10.6. The Hall–Kier alpha value is -0.0800. The highest BCUT2D eigenvalue weighted by molar-refractivity contribution is 4.89. The standard InChI is InChI=1S/C13H26N2/c1-11(9-14-12-5-6-12)10-15-8-4-7-13(15,2)3/h11-12,14H,4-10H2,1-3H3. The minimum atomic E-state index is 0.452. The van der Waals surface area contributed by atoms with Gasteiger partial charge in [-0.1, -0.05) is 6.92 Å². The van der Waals surface area contributed by atoms with Gasteiger partial charge in [0.05, 0.1) is 0 Å². The van der Waals surface area contributed by atoms with E-state index in [0.29, 0.717) is 5.54 Å². The van der Waals surface area contributed by atoms with Crippen molar-refractivity contribution < 1.29 is 0 Å². The number of hydrogen-bond acceptors (Lipinski definition) is 2. The molecular formula is C13H26N2. The molecule has 0 aromatic carbocycles. The predicted molar refractivity (Wildman–Crippen MR) is 65.1 cm³/mol. The van der Waals surface area contributed by atoms with Crippen molar-refractivity contribution in [3.8, 4) is 0 Å². The van der Waals surface area contributed by atoms with Crippen molar-refractivity contribution in [1.82, 2.24) is 10.2 Å². The predicted octanol–water partition coefficient (Wildman–Crippen LogP) is 2.25. The molecule has 0 amide bonds. The van der Waals surface area contributed by atoms with Gasteiger partial charge < -0.3 is 5.32 Å². The third-order valence-corrected chi connectivity index (χ3v) is 3.94. The average molecular weight is 210 g/mol. The topological polar surface area (TPSA) is 15.3 Å². The Morgan fingerprint density at radius 2 is 2.13 bits per heavy atom. The van der Waals surface area contributed by atoms with Gasteiger partial charge >= 0.3 is 0 Å². The number of nitrogens with one attached hydrogen (secondary N) is 1. The average Bonchev–Trinajstić information content (AvgIpc) is 2.91. The quantitative estimate of drug-likeness (QED) is 0.749. The summed E-state index contributed by atoms with van der Waals surface area (Å²) in [7, 11) is 0. The molecule has 2 aliphatic rings. The SMILES string of the molecule is CC(CNC1CC1)CN1CCCC1(C)C. The van der Waals surface area contributed by atoms with Crippen molar-refractivity contribution in [2.45, 2.75) is 58.0 Å². The van der Waals surface area contributed by atoms with Gasteiger partial charge in [0, 0.05) is 18.1 Å². The van der Waals surface area contributed by atoms with Crippen molar-refractivity contribution in [3.63, 3.8) is 0 Å². The fraction of sp³-hybridized carbons (Fsp3) is 1.00. The monoisotopic (exact) mass is 210 g/mol. The molecule has 0 radical (unpaired) electrons. The highest BCUT2D eigenvalue weighted by atomic mass is 15.2. The van der Waals surface area contributed by atoms with E-state index >= 15 is 0 Å². The van der Waals surface area contributed by atoms with E-state index in [2.05, 4.69) is 31.0 Å². The van der Waals surface area contributed by atoms with Crippen LogP contribution in [-0.4, -0.2) is 36.1 Å². The molecule has 15 heavy (non-hydrogen) atoms. The van der Waals surface area contributed by atoms with Crippen LogP contribution in [0.15, 0.2) is 0 Å². The van der Waals surface area contributed by atoms with Crippen LogP contribution < -0.4 is 5.32 Å². The first-order valence-electron chi connectivity index (χ1n) is 6.56. The molecule has 0 aromatic rings. The van der Waals surface area contributed by atoms with Gasteiger partial charge in [0.1, 0.15) is 0 Å². The molecule has 1 heterocycles. The first kappa shape index (κ1) is 11.4. The van der Waals surface area contributed by atoms with Crippen LogP contribution >= 0.6 is 0 Å². The van der Waals surface area contributed by atoms with Crippen LogP contribution in [0.5, 0.6) is 0 Å². The van der Waals surface area contributed by atoms with Crippen LogP contribution in [-0.2, 0) is 0 Å². The Bertz CT molecular complexity index is 209. The van der Waals surface area contributed by atoms with Crippen molar-refractivity contribution in [2.24, 2.45) is 5.92 Å². The summed E-state index contributed by atoms with van der Waals surface area (Å²) in [5.74, 6) is 0.794. The van der Waals surface area contributed by atoms with Crippen molar-refractivity contribution >= 4 is 0 Å². The molecule has 2 nitrogen and oxygen atoms in total. The summed E-state index contributed by atoms with van der Waals surface area (Å²) < 4.78 is 0. The molecule has 1 aliphatic carbocycles. The third-order valence-electron chi connectivity index (χ3n) is 3.94. The largest absolute Gasteiger partial charge is 0.314 e. The van der Waals surface area contributed by atoms with E-state index in [9.17, 15) is 0 Å². The second-order valence-corrected chi connectivity index (χ2v) is 6.15. The third kappa shape index (κ3) is 3.18. The second kappa shape index (κ2) is 4.42. The van der Waals surface area contributed by atoms with Crippen LogP contribution in [0, 0.1) is 5.92 Å². The summed E-state index contributed by atoms with van der Waals surface area (Å²) in [5, 5.41) is 3.63. The second-order valence-electron chi connectivity index (χ2n) is 6.15. The smallest absolute Gasteiger partial charge is 0.0153 e. The lowest BCUT2D eigenvalue weighted by Crippen LogP contribution is -2.42. The first-order valence-corrected chi connectivity index (χ1v) is 6.56. The van der Waals surface area contributed by atoms with Crippen LogP contribution in [0.1, 0.15) is 46.5 Å². The lowest BCUT2D eigenvalue weighted by atomic mass is 10.0. The maximum Gasteiger partial charge on any atom is 0.0153 e. The molecule has 2 heteroatoms. The maximum absolute atomic E-state index is 3.63. The molecule has 0 aromatic heterocycles. The lowest BCUT2D eigenvalue weighted by molar-refractivity contribution is 0.151. The van der Waals surface area contributed by atoms with Crippen LogP contribution in [0.2, 0.25) is 0 Å². The van der Waals surface area contributed by atoms with Crippen molar-refractivity contribution in [3.05, 3.63) is 0 Å². The molecule has 1 unspecified atom stereocenters. The molecule has 1 N–H and O–H groups in total. The van der Waals surface area contributed by atoms with Gasteiger partial charge in [0.15, 0.2) is 0 Å². The van der Waals surface area contributed by atoms with Crippen LogP contribution in [0.25, 0.3) is 0 Å². The minimum Gasteiger partial charge on any atom is -0.314 e. The molecule has 1 atom stereocenters. The fourth-order valence-electron chi connectivity index (χ4n) is 2.60. The summed E-state index contributed by atoms with van der Waals surface area (Å²) in [5.41, 5.74) is 0.452. The summed E-state index contributed by atoms with van der Waals surface area (Å²) in [6, 6.07) is 0.860. The highest BCUT2D eigenvalue weighted by Crippen LogP contribution is 2.28. The first-order chi connectivity index (χ1) is 7.08. The Morgan fingerprint density at radius 1 is 1.40 bits per heavy atom. The normalized spacial score (nSPS) is 28.2. The highest BCUT2D eigenvalue weighted by Gasteiger charge is 2.32. The van der Waals surface area contributed by atoms with Gasteiger partial charge in [0.25, 0.3) is 0 Å². The van der Waals surface area contributed by atoms with Gasteiger partial charge in [-0.15, -0.1) is 0 Å². The van der Waals surface area contributed by atoms with Crippen molar-refractivity contribution in [1.29, 1.82) is 0 Å².